The molecular weight excluding hydrogens is 440 g/mol. The maximum atomic E-state index is 13.2. The first-order valence-electron chi connectivity index (χ1n) is 9.96. The summed E-state index contributed by atoms with van der Waals surface area (Å²) < 4.78 is 32.0. The van der Waals surface area contributed by atoms with Crippen molar-refractivity contribution < 1.29 is 22.7 Å². The highest BCUT2D eigenvalue weighted by Crippen LogP contribution is 2.20. The quantitative estimate of drug-likeness (QED) is 0.382. The van der Waals surface area contributed by atoms with Gasteiger partial charge in [0.25, 0.3) is 0 Å². The van der Waals surface area contributed by atoms with E-state index in [1.54, 1.807) is 0 Å². The minimum absolute atomic E-state index is 0.0678. The Kier molecular flexibility index (Phi) is 9.97. The maximum absolute atomic E-state index is 13.2. The molecule has 0 aliphatic carbocycles. The number of carbonyl (C=O) groups excluding carboxylic acids is 2. The molecule has 0 unspecified atom stereocenters. The first-order chi connectivity index (χ1) is 14.8. The second-order valence-corrected chi connectivity index (χ2v) is 9.32. The van der Waals surface area contributed by atoms with Gasteiger partial charge in [0.15, 0.2) is 0 Å². The van der Waals surface area contributed by atoms with Crippen molar-refractivity contribution in [1.82, 2.24) is 9.62 Å². The Morgan fingerprint density at radius 3 is 2.32 bits per heavy atom. The molecule has 2 aromatic carbocycles. The van der Waals surface area contributed by atoms with Crippen molar-refractivity contribution >= 4 is 33.5 Å². The van der Waals surface area contributed by atoms with E-state index in [0.29, 0.717) is 30.8 Å². The number of unbranched alkanes of at least 4 members (excludes halogenated alkanes) is 2. The third kappa shape index (κ3) is 8.32. The molecule has 0 fully saturated rings. The molecule has 1 N–H and O–H groups in total. The van der Waals surface area contributed by atoms with Gasteiger partial charge in [0, 0.05) is 24.5 Å². The largest absolute Gasteiger partial charge is 0.469 e. The number of hydrogen-bond donors (Lipinski definition) is 1. The first kappa shape index (κ1) is 24.8. The van der Waals surface area contributed by atoms with Crippen molar-refractivity contribution in [3.8, 4) is 0 Å². The molecular formula is C22H27ClN2O5S. The fourth-order valence-corrected chi connectivity index (χ4v) is 4.40. The van der Waals surface area contributed by atoms with Gasteiger partial charge < -0.3 is 10.1 Å². The zero-order valence-corrected chi connectivity index (χ0v) is 19.0. The number of benzene rings is 2. The molecule has 7 nitrogen and oxygen atoms in total. The van der Waals surface area contributed by atoms with Gasteiger partial charge in [-0.25, -0.2) is 8.42 Å². The Balaban J connectivity index is 1.99. The predicted octanol–water partition coefficient (Wildman–Crippen LogP) is 3.38. The Labute approximate surface area is 188 Å². The van der Waals surface area contributed by atoms with Crippen molar-refractivity contribution in [3.05, 3.63) is 65.2 Å². The fraction of sp³-hybridized carbons (Fsp3) is 0.364. The van der Waals surface area contributed by atoms with Crippen molar-refractivity contribution in [2.75, 3.05) is 20.2 Å². The standard InChI is InChI=1S/C22H27ClN2O5S/c1-30-22(27)10-6-3-7-15-24-21(26)17-25(16-18-8-4-2-5-9-18)31(28,29)20-13-11-19(23)12-14-20/h2,4-5,8-9,11-14H,3,6-7,10,15-17H2,1H3,(H,24,26). The fourth-order valence-electron chi connectivity index (χ4n) is 2.89. The molecule has 0 saturated heterocycles. The van der Waals surface area contributed by atoms with E-state index in [1.807, 2.05) is 30.3 Å². The van der Waals surface area contributed by atoms with E-state index in [1.165, 1.54) is 31.4 Å². The number of ether oxygens (including phenoxy) is 1. The van der Waals surface area contributed by atoms with E-state index in [0.717, 1.165) is 16.3 Å². The number of nitrogens with one attached hydrogen (secondary N) is 1. The molecule has 0 aliphatic rings. The number of sulfonamides is 1. The van der Waals surface area contributed by atoms with Gasteiger partial charge in [0.05, 0.1) is 18.6 Å². The van der Waals surface area contributed by atoms with Crippen LogP contribution in [0.1, 0.15) is 31.2 Å². The topological polar surface area (TPSA) is 92.8 Å². The minimum Gasteiger partial charge on any atom is -0.469 e. The van der Waals surface area contributed by atoms with Gasteiger partial charge in [-0.1, -0.05) is 48.4 Å². The van der Waals surface area contributed by atoms with Crippen LogP contribution >= 0.6 is 11.6 Å². The normalized spacial score (nSPS) is 11.3. The highest BCUT2D eigenvalue weighted by molar-refractivity contribution is 7.89. The molecule has 0 saturated carbocycles. The second kappa shape index (κ2) is 12.4. The molecule has 0 heterocycles. The zero-order chi connectivity index (χ0) is 22.7. The molecule has 0 spiro atoms. The summed E-state index contributed by atoms with van der Waals surface area (Å²) in [5, 5.41) is 3.18. The Morgan fingerprint density at radius 2 is 1.68 bits per heavy atom. The van der Waals surface area contributed by atoms with E-state index >= 15 is 0 Å². The minimum atomic E-state index is -3.90. The summed E-state index contributed by atoms with van der Waals surface area (Å²) in [6.45, 7) is 0.167. The summed E-state index contributed by atoms with van der Waals surface area (Å²) >= 11 is 5.88. The molecule has 9 heteroatoms. The average Bonchev–Trinajstić information content (AvgIpc) is 2.76. The number of amides is 1. The monoisotopic (exact) mass is 466 g/mol. The lowest BCUT2D eigenvalue weighted by Crippen LogP contribution is -2.40. The van der Waals surface area contributed by atoms with Gasteiger partial charge in [0.1, 0.15) is 0 Å². The number of halogens is 1. The SMILES string of the molecule is COC(=O)CCCCCNC(=O)CN(Cc1ccccc1)S(=O)(=O)c1ccc(Cl)cc1. The molecule has 0 aromatic heterocycles. The Bertz CT molecular complexity index is 950. The van der Waals surface area contributed by atoms with Gasteiger partial charge in [-0.2, -0.15) is 4.31 Å². The highest BCUT2D eigenvalue weighted by Gasteiger charge is 2.26. The van der Waals surface area contributed by atoms with Crippen molar-refractivity contribution in [2.24, 2.45) is 0 Å². The van der Waals surface area contributed by atoms with Crippen molar-refractivity contribution in [2.45, 2.75) is 37.1 Å². The summed E-state index contributed by atoms with van der Waals surface area (Å²) in [6, 6.07) is 15.0. The van der Waals surface area contributed by atoms with E-state index in [-0.39, 0.29) is 29.9 Å². The third-order valence-corrected chi connectivity index (χ3v) is 6.64. The summed E-state index contributed by atoms with van der Waals surface area (Å²) in [4.78, 5) is 23.6. The lowest BCUT2D eigenvalue weighted by atomic mass is 10.2. The Hall–Kier alpha value is -2.42. The molecule has 0 atom stereocenters. The molecule has 2 rings (SSSR count). The van der Waals surface area contributed by atoms with Crippen LogP contribution in [0.2, 0.25) is 5.02 Å². The molecule has 1 amide bonds. The van der Waals surface area contributed by atoms with E-state index < -0.39 is 10.0 Å². The summed E-state index contributed by atoms with van der Waals surface area (Å²) in [5.74, 6) is -0.644. The average molecular weight is 467 g/mol. The summed E-state index contributed by atoms with van der Waals surface area (Å²) in [7, 11) is -2.55. The van der Waals surface area contributed by atoms with Crippen LogP contribution in [0.3, 0.4) is 0 Å². The van der Waals surface area contributed by atoms with Crippen LogP contribution in [0.15, 0.2) is 59.5 Å². The number of rotatable bonds is 12. The van der Waals surface area contributed by atoms with Crippen molar-refractivity contribution in [3.63, 3.8) is 0 Å². The summed E-state index contributed by atoms with van der Waals surface area (Å²) in [6.07, 6.45) is 2.46. The molecule has 0 radical (unpaired) electrons. The van der Waals surface area contributed by atoms with E-state index in [4.69, 9.17) is 11.6 Å². The van der Waals surface area contributed by atoms with Crippen LogP contribution in [0, 0.1) is 0 Å². The highest BCUT2D eigenvalue weighted by atomic mass is 35.5. The van der Waals surface area contributed by atoms with Crippen LogP contribution in [0.4, 0.5) is 0 Å². The van der Waals surface area contributed by atoms with Gasteiger partial charge in [0.2, 0.25) is 15.9 Å². The zero-order valence-electron chi connectivity index (χ0n) is 17.4. The van der Waals surface area contributed by atoms with Gasteiger partial charge >= 0.3 is 5.97 Å². The van der Waals surface area contributed by atoms with E-state index in [2.05, 4.69) is 10.1 Å². The molecule has 0 aliphatic heterocycles. The number of carbonyl (C=O) groups is 2. The number of methoxy groups -OCH3 is 1. The van der Waals surface area contributed by atoms with Gasteiger partial charge in [-0.3, -0.25) is 9.59 Å². The predicted molar refractivity (Wildman–Crippen MR) is 119 cm³/mol. The van der Waals surface area contributed by atoms with Crippen LogP contribution in [0.25, 0.3) is 0 Å². The van der Waals surface area contributed by atoms with E-state index in [9.17, 15) is 18.0 Å². The second-order valence-electron chi connectivity index (χ2n) is 6.95. The number of esters is 1. The number of nitrogens with zero attached hydrogens (tertiary/aromatic N) is 1. The summed E-state index contributed by atoms with van der Waals surface area (Å²) in [5.41, 5.74) is 0.774. The molecule has 168 valence electrons. The molecule has 0 bridgehead atoms. The number of hydrogen-bond acceptors (Lipinski definition) is 5. The Morgan fingerprint density at radius 1 is 1.00 bits per heavy atom. The smallest absolute Gasteiger partial charge is 0.305 e. The van der Waals surface area contributed by atoms with Crippen LogP contribution in [0.5, 0.6) is 0 Å². The van der Waals surface area contributed by atoms with Crippen LogP contribution in [-0.4, -0.2) is 44.8 Å². The van der Waals surface area contributed by atoms with Crippen LogP contribution in [-0.2, 0) is 30.9 Å². The molecule has 2 aromatic rings. The van der Waals surface area contributed by atoms with Gasteiger partial charge in [-0.05, 0) is 42.7 Å². The van der Waals surface area contributed by atoms with Gasteiger partial charge in [-0.15, -0.1) is 0 Å². The van der Waals surface area contributed by atoms with Crippen LogP contribution < -0.4 is 5.32 Å². The van der Waals surface area contributed by atoms with Crippen molar-refractivity contribution in [1.29, 1.82) is 0 Å². The lowest BCUT2D eigenvalue weighted by molar-refractivity contribution is -0.140. The third-order valence-electron chi connectivity index (χ3n) is 4.58. The first-order valence-corrected chi connectivity index (χ1v) is 11.8. The lowest BCUT2D eigenvalue weighted by Gasteiger charge is -2.22. The molecule has 31 heavy (non-hydrogen) atoms. The maximum Gasteiger partial charge on any atom is 0.305 e.